The van der Waals surface area contributed by atoms with Crippen molar-refractivity contribution in [1.29, 1.82) is 0 Å². The standard InChI is InChI=1S/C28H28Cl2FO5P/c1-16(2)22-13-23(25(31)14-26(22)32)21-7-6-18-11-20(12-24(30)28(18)21)34-15-37(33)35-9-8-27(36-37)17-4-3-5-19(29)10-17/h3-5,10-14,16,21,27,32H,6-9,15H2,1-2H3/t21?,27-,37?/m0/s1. The highest BCUT2D eigenvalue weighted by molar-refractivity contribution is 7.53. The van der Waals surface area contributed by atoms with Crippen LogP contribution >= 0.6 is 30.8 Å². The van der Waals surface area contributed by atoms with Crippen LogP contribution in [-0.4, -0.2) is 18.1 Å². The molecule has 3 aromatic carbocycles. The Kier molecular flexibility index (Phi) is 7.59. The molecular formula is C28H28Cl2FO5P. The van der Waals surface area contributed by atoms with Crippen molar-refractivity contribution >= 4 is 30.8 Å². The zero-order valence-electron chi connectivity index (χ0n) is 20.5. The normalized spacial score (nSPS) is 23.3. The quantitative estimate of drug-likeness (QED) is 0.303. The fraction of sp³-hybridized carbons (Fsp3) is 0.357. The molecule has 196 valence electrons. The van der Waals surface area contributed by atoms with Gasteiger partial charge < -0.3 is 14.4 Å². The zero-order valence-corrected chi connectivity index (χ0v) is 23.0. The molecule has 0 bridgehead atoms. The molecule has 0 amide bonds. The monoisotopic (exact) mass is 564 g/mol. The van der Waals surface area contributed by atoms with Gasteiger partial charge in [0.25, 0.3) is 0 Å². The summed E-state index contributed by atoms with van der Waals surface area (Å²) < 4.78 is 45.4. The molecule has 3 aromatic rings. The molecule has 0 aromatic heterocycles. The fourth-order valence-corrected chi connectivity index (χ4v) is 7.20. The Bertz CT molecular complexity index is 1380. The van der Waals surface area contributed by atoms with E-state index in [-0.39, 0.29) is 30.5 Å². The fourth-order valence-electron chi connectivity index (χ4n) is 5.14. The molecule has 0 spiro atoms. The van der Waals surface area contributed by atoms with Crippen molar-refractivity contribution < 1.29 is 27.8 Å². The summed E-state index contributed by atoms with van der Waals surface area (Å²) in [5.41, 5.74) is 3.87. The second-order valence-electron chi connectivity index (χ2n) is 9.81. The van der Waals surface area contributed by atoms with E-state index in [0.717, 1.165) is 16.7 Å². The number of benzene rings is 3. The summed E-state index contributed by atoms with van der Waals surface area (Å²) >= 11 is 12.8. The van der Waals surface area contributed by atoms with Gasteiger partial charge in [-0.25, -0.2) is 4.39 Å². The summed E-state index contributed by atoms with van der Waals surface area (Å²) in [6.07, 6.45) is 1.28. The Hall–Kier alpha value is -2.08. The minimum Gasteiger partial charge on any atom is -0.508 e. The molecule has 2 aliphatic rings. The average molecular weight is 565 g/mol. The Morgan fingerprint density at radius 2 is 1.97 bits per heavy atom. The maximum Gasteiger partial charge on any atom is 0.368 e. The number of hydrogen-bond acceptors (Lipinski definition) is 5. The molecule has 0 radical (unpaired) electrons. The lowest BCUT2D eigenvalue weighted by atomic mass is 9.89. The molecule has 1 aliphatic carbocycles. The van der Waals surface area contributed by atoms with E-state index >= 15 is 0 Å². The first-order chi connectivity index (χ1) is 17.6. The van der Waals surface area contributed by atoms with E-state index in [4.69, 9.17) is 37.0 Å². The average Bonchev–Trinajstić information content (AvgIpc) is 3.27. The summed E-state index contributed by atoms with van der Waals surface area (Å²) in [6, 6.07) is 13.7. The minimum absolute atomic E-state index is 0.0380. The van der Waals surface area contributed by atoms with Crippen LogP contribution < -0.4 is 4.74 Å². The van der Waals surface area contributed by atoms with Crippen LogP contribution in [0.15, 0.2) is 48.5 Å². The molecule has 1 fully saturated rings. The maximum atomic E-state index is 14.9. The Morgan fingerprint density at radius 3 is 2.73 bits per heavy atom. The van der Waals surface area contributed by atoms with E-state index < -0.39 is 19.5 Å². The second-order valence-corrected chi connectivity index (χ2v) is 12.6. The Balaban J connectivity index is 1.34. The number of phenolic OH excluding ortho intramolecular Hbond substituents is 1. The first kappa shape index (κ1) is 26.5. The van der Waals surface area contributed by atoms with Gasteiger partial charge in [-0.05, 0) is 76.9 Å². The molecule has 37 heavy (non-hydrogen) atoms. The first-order valence-electron chi connectivity index (χ1n) is 12.3. The van der Waals surface area contributed by atoms with Crippen molar-refractivity contribution in [2.24, 2.45) is 0 Å². The van der Waals surface area contributed by atoms with Crippen molar-refractivity contribution in [3.8, 4) is 11.5 Å². The van der Waals surface area contributed by atoms with Gasteiger partial charge in [0.05, 0.1) is 12.7 Å². The third kappa shape index (κ3) is 5.55. The van der Waals surface area contributed by atoms with Crippen molar-refractivity contribution in [3.05, 3.63) is 92.2 Å². The molecule has 5 nitrogen and oxygen atoms in total. The molecule has 1 aliphatic heterocycles. The maximum absolute atomic E-state index is 14.9. The number of halogens is 3. The lowest BCUT2D eigenvalue weighted by molar-refractivity contribution is 0.0725. The minimum atomic E-state index is -3.52. The number of fused-ring (bicyclic) bond motifs is 1. The lowest BCUT2D eigenvalue weighted by Crippen LogP contribution is -2.17. The molecule has 3 atom stereocenters. The van der Waals surface area contributed by atoms with Crippen LogP contribution in [0, 0.1) is 5.82 Å². The number of phenols is 1. The number of aryl methyl sites for hydroxylation is 1. The van der Waals surface area contributed by atoms with Crippen LogP contribution in [0.2, 0.25) is 10.0 Å². The van der Waals surface area contributed by atoms with Crippen LogP contribution in [0.4, 0.5) is 4.39 Å². The highest BCUT2D eigenvalue weighted by Gasteiger charge is 2.36. The van der Waals surface area contributed by atoms with Crippen LogP contribution in [0.3, 0.4) is 0 Å². The largest absolute Gasteiger partial charge is 0.508 e. The third-order valence-corrected chi connectivity index (χ3v) is 9.09. The van der Waals surface area contributed by atoms with Crippen LogP contribution in [0.1, 0.15) is 72.4 Å². The molecule has 5 rings (SSSR count). The van der Waals surface area contributed by atoms with Gasteiger partial charge in [-0.3, -0.25) is 9.09 Å². The molecule has 1 heterocycles. The van der Waals surface area contributed by atoms with E-state index in [1.807, 2.05) is 32.0 Å². The van der Waals surface area contributed by atoms with Crippen molar-refractivity contribution in [3.63, 3.8) is 0 Å². The van der Waals surface area contributed by atoms with Gasteiger partial charge >= 0.3 is 7.60 Å². The third-order valence-electron chi connectivity index (χ3n) is 6.95. The van der Waals surface area contributed by atoms with E-state index in [1.54, 1.807) is 24.3 Å². The summed E-state index contributed by atoms with van der Waals surface area (Å²) in [6.45, 7) is 4.19. The number of hydrogen-bond donors (Lipinski definition) is 1. The van der Waals surface area contributed by atoms with Gasteiger partial charge in [0.1, 0.15) is 17.3 Å². The van der Waals surface area contributed by atoms with Crippen molar-refractivity contribution in [2.45, 2.75) is 51.0 Å². The summed E-state index contributed by atoms with van der Waals surface area (Å²) in [5, 5.41) is 11.2. The summed E-state index contributed by atoms with van der Waals surface area (Å²) in [5.74, 6) is -0.210. The smallest absolute Gasteiger partial charge is 0.368 e. The topological polar surface area (TPSA) is 65.0 Å². The van der Waals surface area contributed by atoms with Gasteiger partial charge in [0.15, 0.2) is 6.35 Å². The molecular weight excluding hydrogens is 537 g/mol. The number of rotatable bonds is 6. The van der Waals surface area contributed by atoms with Crippen LogP contribution in [0.25, 0.3) is 0 Å². The second kappa shape index (κ2) is 10.6. The first-order valence-corrected chi connectivity index (χ1v) is 14.8. The number of ether oxygens (including phenoxy) is 1. The summed E-state index contributed by atoms with van der Waals surface area (Å²) in [7, 11) is -3.52. The highest BCUT2D eigenvalue weighted by Crippen LogP contribution is 2.56. The summed E-state index contributed by atoms with van der Waals surface area (Å²) in [4.78, 5) is 0. The van der Waals surface area contributed by atoms with Gasteiger partial charge in [0.2, 0.25) is 0 Å². The van der Waals surface area contributed by atoms with Gasteiger partial charge in [-0.1, -0.05) is 49.2 Å². The molecule has 9 heteroatoms. The van der Waals surface area contributed by atoms with Crippen LogP contribution in [0.5, 0.6) is 11.5 Å². The lowest BCUT2D eigenvalue weighted by Gasteiger charge is -2.30. The van der Waals surface area contributed by atoms with E-state index in [9.17, 15) is 14.1 Å². The van der Waals surface area contributed by atoms with E-state index in [0.29, 0.717) is 46.2 Å². The predicted molar refractivity (Wildman–Crippen MR) is 143 cm³/mol. The molecule has 1 saturated heterocycles. The molecule has 1 N–H and O–H groups in total. The van der Waals surface area contributed by atoms with Gasteiger partial charge in [0, 0.05) is 28.5 Å². The SMILES string of the molecule is CC(C)c1cc(C2CCc3cc(OCP4(=O)OCC[C@@H](c5cccc(Cl)c5)O4)cc(Cl)c32)c(F)cc1O. The predicted octanol–water partition coefficient (Wildman–Crippen LogP) is 8.75. The Labute approximate surface area is 226 Å². The van der Waals surface area contributed by atoms with Crippen molar-refractivity contribution in [2.75, 3.05) is 13.0 Å². The highest BCUT2D eigenvalue weighted by atomic mass is 35.5. The number of aromatic hydroxyl groups is 1. The van der Waals surface area contributed by atoms with E-state index in [1.165, 1.54) is 6.07 Å². The van der Waals surface area contributed by atoms with Gasteiger partial charge in [-0.2, -0.15) is 0 Å². The van der Waals surface area contributed by atoms with Gasteiger partial charge in [-0.15, -0.1) is 0 Å². The van der Waals surface area contributed by atoms with Crippen molar-refractivity contribution in [1.82, 2.24) is 0 Å². The van der Waals surface area contributed by atoms with Crippen LogP contribution in [-0.2, 0) is 20.0 Å². The molecule has 0 saturated carbocycles. The Morgan fingerprint density at radius 1 is 1.16 bits per heavy atom. The van der Waals surface area contributed by atoms with E-state index in [2.05, 4.69) is 0 Å². The zero-order chi connectivity index (χ0) is 26.3. The molecule has 2 unspecified atom stereocenters.